The van der Waals surface area contributed by atoms with E-state index in [1.807, 2.05) is 0 Å². The van der Waals surface area contributed by atoms with Crippen molar-refractivity contribution in [3.05, 3.63) is 36.1 Å². The van der Waals surface area contributed by atoms with Gasteiger partial charge in [-0.1, -0.05) is 5.16 Å². The molecular weight excluding hydrogens is 286 g/mol. The van der Waals surface area contributed by atoms with Crippen LogP contribution in [0.5, 0.6) is 0 Å². The average molecular weight is 297 g/mol. The highest BCUT2D eigenvalue weighted by molar-refractivity contribution is 7.92. The van der Waals surface area contributed by atoms with Gasteiger partial charge in [-0.15, -0.1) is 0 Å². The van der Waals surface area contributed by atoms with Gasteiger partial charge in [0.25, 0.3) is 10.0 Å². The smallest absolute Gasteiger partial charge is 0.339 e. The van der Waals surface area contributed by atoms with Crippen molar-refractivity contribution >= 4 is 27.5 Å². The summed E-state index contributed by atoms with van der Waals surface area (Å²) in [5, 5.41) is 3.43. The van der Waals surface area contributed by atoms with Crippen molar-refractivity contribution in [3.8, 4) is 0 Å². The Balaban J connectivity index is 2.50. The molecule has 1 heterocycles. The zero-order valence-electron chi connectivity index (χ0n) is 10.4. The molecule has 0 unspecified atom stereocenters. The minimum absolute atomic E-state index is 0.0109. The largest absolute Gasteiger partial charge is 0.465 e. The van der Waals surface area contributed by atoms with E-state index in [1.54, 1.807) is 0 Å². The monoisotopic (exact) mass is 297 g/mol. The van der Waals surface area contributed by atoms with E-state index >= 15 is 0 Å². The minimum atomic E-state index is -4.04. The fourth-order valence-corrected chi connectivity index (χ4v) is 2.72. The lowest BCUT2D eigenvalue weighted by molar-refractivity contribution is 0.0596. The maximum absolute atomic E-state index is 12.2. The van der Waals surface area contributed by atoms with Gasteiger partial charge in [0.05, 0.1) is 12.7 Å². The molecule has 0 spiro atoms. The van der Waals surface area contributed by atoms with Gasteiger partial charge < -0.3 is 15.0 Å². The van der Waals surface area contributed by atoms with Gasteiger partial charge in [-0.3, -0.25) is 4.72 Å². The molecule has 2 aromatic rings. The Kier molecular flexibility index (Phi) is 3.61. The molecule has 1 aromatic heterocycles. The first-order chi connectivity index (χ1) is 9.44. The summed E-state index contributed by atoms with van der Waals surface area (Å²) in [6, 6.07) is 5.16. The van der Waals surface area contributed by atoms with Crippen molar-refractivity contribution in [2.45, 2.75) is 4.90 Å². The van der Waals surface area contributed by atoms with Crippen LogP contribution in [0.2, 0.25) is 0 Å². The van der Waals surface area contributed by atoms with Crippen LogP contribution in [0, 0.1) is 0 Å². The summed E-state index contributed by atoms with van der Waals surface area (Å²) in [5.41, 5.74) is 5.63. The first-order valence-corrected chi connectivity index (χ1v) is 6.83. The standard InChI is InChI=1S/C11H11N3O5S/c1-18-11(15)8-3-2-7(12)6-9(8)20(16,17)14-10-4-5-19-13-10/h2-6H,12H2,1H3,(H,13,14). The van der Waals surface area contributed by atoms with Gasteiger partial charge in [-0.2, -0.15) is 0 Å². The number of rotatable bonds is 4. The van der Waals surface area contributed by atoms with Crippen LogP contribution >= 0.6 is 0 Å². The number of nitrogen functional groups attached to an aromatic ring is 1. The number of hydrogen-bond acceptors (Lipinski definition) is 7. The average Bonchev–Trinajstić information content (AvgIpc) is 2.90. The Morgan fingerprint density at radius 2 is 2.15 bits per heavy atom. The molecule has 0 aliphatic heterocycles. The third-order valence-electron chi connectivity index (χ3n) is 2.38. The highest BCUT2D eigenvalue weighted by Gasteiger charge is 2.24. The number of nitrogens with two attached hydrogens (primary N) is 1. The normalized spacial score (nSPS) is 11.1. The molecule has 2 rings (SSSR count). The second-order valence-corrected chi connectivity index (χ2v) is 5.39. The van der Waals surface area contributed by atoms with Crippen LogP contribution < -0.4 is 10.5 Å². The molecule has 0 radical (unpaired) electrons. The number of carbonyl (C=O) groups excluding carboxylic acids is 1. The zero-order valence-corrected chi connectivity index (χ0v) is 11.2. The van der Waals surface area contributed by atoms with Gasteiger partial charge in [-0.25, -0.2) is 13.2 Å². The summed E-state index contributed by atoms with van der Waals surface area (Å²) in [6.45, 7) is 0. The quantitative estimate of drug-likeness (QED) is 0.633. The van der Waals surface area contributed by atoms with E-state index in [1.165, 1.54) is 24.5 Å². The van der Waals surface area contributed by atoms with Crippen molar-refractivity contribution in [2.24, 2.45) is 0 Å². The van der Waals surface area contributed by atoms with Crippen molar-refractivity contribution in [1.82, 2.24) is 5.16 Å². The molecule has 0 bridgehead atoms. The number of benzene rings is 1. The number of nitrogens with one attached hydrogen (secondary N) is 1. The van der Waals surface area contributed by atoms with Crippen LogP contribution in [0.1, 0.15) is 10.4 Å². The number of aromatic nitrogens is 1. The second-order valence-electron chi connectivity index (χ2n) is 3.74. The van der Waals surface area contributed by atoms with Gasteiger partial charge in [0.1, 0.15) is 11.2 Å². The van der Waals surface area contributed by atoms with Gasteiger partial charge in [0.15, 0.2) is 5.82 Å². The summed E-state index contributed by atoms with van der Waals surface area (Å²) in [7, 11) is -2.89. The number of methoxy groups -OCH3 is 1. The highest BCUT2D eigenvalue weighted by Crippen LogP contribution is 2.22. The zero-order chi connectivity index (χ0) is 14.8. The van der Waals surface area contributed by atoms with E-state index in [0.29, 0.717) is 0 Å². The molecule has 1 aromatic carbocycles. The van der Waals surface area contributed by atoms with Crippen molar-refractivity contribution in [3.63, 3.8) is 0 Å². The predicted octanol–water partition coefficient (Wildman–Crippen LogP) is 0.844. The first kappa shape index (κ1) is 13.9. The Bertz CT molecular complexity index is 725. The molecule has 0 amide bonds. The number of carbonyl (C=O) groups is 1. The number of sulfonamides is 1. The van der Waals surface area contributed by atoms with Gasteiger partial charge in [-0.05, 0) is 18.2 Å². The van der Waals surface area contributed by atoms with Crippen molar-refractivity contribution in [1.29, 1.82) is 0 Å². The molecule has 20 heavy (non-hydrogen) atoms. The van der Waals surface area contributed by atoms with E-state index in [2.05, 4.69) is 19.1 Å². The maximum Gasteiger partial charge on any atom is 0.339 e. The molecule has 0 saturated heterocycles. The van der Waals surface area contributed by atoms with Crippen molar-refractivity contribution in [2.75, 3.05) is 17.6 Å². The van der Waals surface area contributed by atoms with Crippen LogP contribution in [0.25, 0.3) is 0 Å². The van der Waals surface area contributed by atoms with Crippen molar-refractivity contribution < 1.29 is 22.5 Å². The predicted molar refractivity (Wildman–Crippen MR) is 69.5 cm³/mol. The lowest BCUT2D eigenvalue weighted by Crippen LogP contribution is -2.18. The van der Waals surface area contributed by atoms with E-state index in [0.717, 1.165) is 13.2 Å². The number of ether oxygens (including phenoxy) is 1. The van der Waals surface area contributed by atoms with Crippen LogP contribution in [0.4, 0.5) is 11.5 Å². The van der Waals surface area contributed by atoms with Crippen LogP contribution in [0.15, 0.2) is 39.9 Å². The Morgan fingerprint density at radius 1 is 1.40 bits per heavy atom. The van der Waals surface area contributed by atoms with E-state index in [-0.39, 0.29) is 22.0 Å². The molecule has 0 aliphatic rings. The molecular formula is C11H11N3O5S. The van der Waals surface area contributed by atoms with Gasteiger partial charge >= 0.3 is 5.97 Å². The molecule has 0 atom stereocenters. The molecule has 0 saturated carbocycles. The third kappa shape index (κ3) is 2.72. The van der Waals surface area contributed by atoms with Crippen LogP contribution in [-0.2, 0) is 14.8 Å². The van der Waals surface area contributed by atoms with E-state index in [9.17, 15) is 13.2 Å². The van der Waals surface area contributed by atoms with E-state index < -0.39 is 16.0 Å². The topological polar surface area (TPSA) is 125 Å². The Labute approximate surface area is 114 Å². The summed E-state index contributed by atoms with van der Waals surface area (Å²) < 4.78 is 35.7. The SMILES string of the molecule is COC(=O)c1ccc(N)cc1S(=O)(=O)Nc1ccon1. The van der Waals surface area contributed by atoms with Crippen LogP contribution in [-0.4, -0.2) is 26.7 Å². The molecule has 0 fully saturated rings. The maximum atomic E-state index is 12.2. The lowest BCUT2D eigenvalue weighted by Gasteiger charge is -2.10. The Morgan fingerprint density at radius 3 is 2.75 bits per heavy atom. The second kappa shape index (κ2) is 5.21. The summed E-state index contributed by atoms with van der Waals surface area (Å²) >= 11 is 0. The first-order valence-electron chi connectivity index (χ1n) is 5.35. The fourth-order valence-electron chi connectivity index (χ4n) is 1.50. The number of esters is 1. The molecule has 0 aliphatic carbocycles. The number of nitrogens with zero attached hydrogens (tertiary/aromatic N) is 1. The van der Waals surface area contributed by atoms with Crippen LogP contribution in [0.3, 0.4) is 0 Å². The fraction of sp³-hybridized carbons (Fsp3) is 0.0909. The highest BCUT2D eigenvalue weighted by atomic mass is 32.2. The third-order valence-corrected chi connectivity index (χ3v) is 3.77. The number of hydrogen-bond donors (Lipinski definition) is 2. The molecule has 8 nitrogen and oxygen atoms in total. The Hall–Kier alpha value is -2.55. The van der Waals surface area contributed by atoms with Gasteiger partial charge in [0.2, 0.25) is 0 Å². The number of anilines is 2. The lowest BCUT2D eigenvalue weighted by atomic mass is 10.2. The van der Waals surface area contributed by atoms with Gasteiger partial charge in [0, 0.05) is 11.8 Å². The summed E-state index contributed by atoms with van der Waals surface area (Å²) in [6.07, 6.45) is 1.21. The summed E-state index contributed by atoms with van der Waals surface area (Å²) in [4.78, 5) is 11.3. The minimum Gasteiger partial charge on any atom is -0.465 e. The molecule has 9 heteroatoms. The molecule has 3 N–H and O–H groups in total. The summed E-state index contributed by atoms with van der Waals surface area (Å²) in [5.74, 6) is -0.797. The molecule has 106 valence electrons. The van der Waals surface area contributed by atoms with E-state index in [4.69, 9.17) is 5.73 Å².